The number of allylic oxidation sites excluding steroid dienone is 1. The van der Waals surface area contributed by atoms with Gasteiger partial charge in [-0.3, -0.25) is 0 Å². The zero-order valence-corrected chi connectivity index (χ0v) is 15.9. The molecule has 0 bridgehead atoms. The first-order valence-electron chi connectivity index (χ1n) is 9.24. The zero-order valence-electron chi connectivity index (χ0n) is 15.9. The summed E-state index contributed by atoms with van der Waals surface area (Å²) in [6.45, 7) is 0.331. The molecule has 0 saturated carbocycles. The Balaban J connectivity index is 1.45. The summed E-state index contributed by atoms with van der Waals surface area (Å²) in [6.07, 6.45) is 1.77. The van der Waals surface area contributed by atoms with Crippen molar-refractivity contribution in [2.75, 3.05) is 0 Å². The van der Waals surface area contributed by atoms with Gasteiger partial charge in [0.25, 0.3) is 0 Å². The summed E-state index contributed by atoms with van der Waals surface area (Å²) in [6, 6.07) is 23.8. The summed E-state index contributed by atoms with van der Waals surface area (Å²) in [7, 11) is 0. The van der Waals surface area contributed by atoms with Crippen molar-refractivity contribution in [1.29, 1.82) is 5.26 Å². The second kappa shape index (κ2) is 8.33. The van der Waals surface area contributed by atoms with E-state index in [0.717, 1.165) is 22.2 Å². The van der Waals surface area contributed by atoms with Crippen molar-refractivity contribution in [2.45, 2.75) is 6.61 Å². The fraction of sp³-hybridized carbons (Fsp3) is 0.0417. The number of carboxylic acid groups (broad SMARTS) is 1. The highest BCUT2D eigenvalue weighted by molar-refractivity contribution is 5.90. The summed E-state index contributed by atoms with van der Waals surface area (Å²) in [5, 5.41) is 18.5. The van der Waals surface area contributed by atoms with E-state index >= 15 is 0 Å². The van der Waals surface area contributed by atoms with Crippen LogP contribution in [0.25, 0.3) is 22.7 Å². The Morgan fingerprint density at radius 3 is 2.47 bits per heavy atom. The minimum absolute atomic E-state index is 0.243. The van der Waals surface area contributed by atoms with Crippen LogP contribution in [-0.2, 0) is 6.61 Å². The first-order valence-corrected chi connectivity index (χ1v) is 9.24. The third-order valence-corrected chi connectivity index (χ3v) is 4.56. The predicted molar refractivity (Wildman–Crippen MR) is 114 cm³/mol. The lowest BCUT2D eigenvalue weighted by molar-refractivity contribution is 0.0697. The summed E-state index contributed by atoms with van der Waals surface area (Å²) in [5.41, 5.74) is 4.11. The van der Waals surface area contributed by atoms with Crippen LogP contribution in [-0.4, -0.2) is 21.0 Å². The molecule has 0 radical (unpaired) electrons. The fourth-order valence-corrected chi connectivity index (χ4v) is 2.97. The number of aromatic amines is 1. The maximum Gasteiger partial charge on any atom is 0.335 e. The number of rotatable bonds is 6. The first kappa shape index (κ1) is 19.0. The van der Waals surface area contributed by atoms with Gasteiger partial charge in [-0.15, -0.1) is 0 Å². The average molecular weight is 395 g/mol. The summed E-state index contributed by atoms with van der Waals surface area (Å²) in [5.74, 6) is 0.256. The van der Waals surface area contributed by atoms with E-state index in [2.05, 4.69) is 16.0 Å². The number of nitriles is 1. The van der Waals surface area contributed by atoms with Gasteiger partial charge >= 0.3 is 5.97 Å². The number of fused-ring (bicyclic) bond motifs is 1. The molecule has 6 nitrogen and oxygen atoms in total. The molecule has 0 aliphatic carbocycles. The highest BCUT2D eigenvalue weighted by Crippen LogP contribution is 2.21. The maximum atomic E-state index is 10.9. The largest absolute Gasteiger partial charge is 0.489 e. The molecule has 0 aliphatic heterocycles. The molecule has 0 fully saturated rings. The zero-order chi connectivity index (χ0) is 20.9. The van der Waals surface area contributed by atoms with Gasteiger partial charge in [0.2, 0.25) is 0 Å². The van der Waals surface area contributed by atoms with Crippen molar-refractivity contribution in [3.05, 3.63) is 95.3 Å². The minimum Gasteiger partial charge on any atom is -0.489 e. The van der Waals surface area contributed by atoms with Gasteiger partial charge in [0, 0.05) is 0 Å². The molecule has 1 aromatic heterocycles. The Labute approximate surface area is 172 Å². The number of ether oxygens (including phenoxy) is 1. The van der Waals surface area contributed by atoms with E-state index in [0.29, 0.717) is 23.8 Å². The van der Waals surface area contributed by atoms with Crippen LogP contribution in [0, 0.1) is 11.3 Å². The van der Waals surface area contributed by atoms with Gasteiger partial charge in [0.1, 0.15) is 24.3 Å². The molecule has 0 unspecified atom stereocenters. The Morgan fingerprint density at radius 1 is 1.07 bits per heavy atom. The number of hydrogen-bond donors (Lipinski definition) is 2. The molecule has 0 spiro atoms. The summed E-state index contributed by atoms with van der Waals surface area (Å²) < 4.78 is 5.75. The Kier molecular flexibility index (Phi) is 5.27. The Bertz CT molecular complexity index is 1230. The van der Waals surface area contributed by atoms with Gasteiger partial charge in [-0.2, -0.15) is 5.26 Å². The van der Waals surface area contributed by atoms with E-state index in [4.69, 9.17) is 9.84 Å². The molecule has 1 heterocycles. The van der Waals surface area contributed by atoms with Gasteiger partial charge in [0.05, 0.1) is 22.2 Å². The molecule has 0 saturated heterocycles. The molecule has 4 aromatic rings. The molecule has 4 rings (SSSR count). The van der Waals surface area contributed by atoms with Crippen molar-refractivity contribution in [3.63, 3.8) is 0 Å². The second-order valence-corrected chi connectivity index (χ2v) is 6.63. The standard InChI is InChI=1S/C24H17N3O3/c25-14-19(23-26-21-3-1-2-4-22(21)27-23)13-16-7-11-20(12-8-16)30-15-17-5-9-18(10-6-17)24(28)29/h1-13H,15H2,(H,26,27)(H,28,29)/b19-13+. The van der Waals surface area contributed by atoms with Crippen LogP contribution in [0.5, 0.6) is 5.75 Å². The number of imidazole rings is 1. The number of aromatic carboxylic acids is 1. The molecular weight excluding hydrogens is 378 g/mol. The van der Waals surface area contributed by atoms with E-state index in [1.807, 2.05) is 48.5 Å². The van der Waals surface area contributed by atoms with Crippen molar-refractivity contribution in [3.8, 4) is 11.8 Å². The highest BCUT2D eigenvalue weighted by Gasteiger charge is 2.08. The van der Waals surface area contributed by atoms with Crippen LogP contribution in [0.1, 0.15) is 27.3 Å². The van der Waals surface area contributed by atoms with Crippen LogP contribution in [0.15, 0.2) is 72.8 Å². The van der Waals surface area contributed by atoms with Gasteiger partial charge in [-0.1, -0.05) is 36.4 Å². The lowest BCUT2D eigenvalue weighted by atomic mass is 10.1. The number of H-pyrrole nitrogens is 1. The molecule has 2 N–H and O–H groups in total. The maximum absolute atomic E-state index is 10.9. The third-order valence-electron chi connectivity index (χ3n) is 4.56. The Morgan fingerprint density at radius 2 is 1.80 bits per heavy atom. The molecule has 0 aliphatic rings. The highest BCUT2D eigenvalue weighted by atomic mass is 16.5. The predicted octanol–water partition coefficient (Wildman–Crippen LogP) is 4.90. The van der Waals surface area contributed by atoms with Gasteiger partial charge in [0.15, 0.2) is 0 Å². The van der Waals surface area contributed by atoms with E-state index in [1.165, 1.54) is 0 Å². The smallest absolute Gasteiger partial charge is 0.335 e. The third kappa shape index (κ3) is 4.21. The fourth-order valence-electron chi connectivity index (χ4n) is 2.97. The van der Waals surface area contributed by atoms with Gasteiger partial charge < -0.3 is 14.8 Å². The lowest BCUT2D eigenvalue weighted by Gasteiger charge is -2.07. The lowest BCUT2D eigenvalue weighted by Crippen LogP contribution is -1.98. The molecule has 30 heavy (non-hydrogen) atoms. The van der Waals surface area contributed by atoms with Crippen LogP contribution >= 0.6 is 0 Å². The van der Waals surface area contributed by atoms with Crippen molar-refractivity contribution in [1.82, 2.24) is 9.97 Å². The SMILES string of the molecule is N#C/C(=C\c1ccc(OCc2ccc(C(=O)O)cc2)cc1)c1nc2ccccc2[nH]1. The van der Waals surface area contributed by atoms with E-state index in [9.17, 15) is 10.1 Å². The second-order valence-electron chi connectivity index (χ2n) is 6.63. The number of nitrogens with one attached hydrogen (secondary N) is 1. The molecule has 3 aromatic carbocycles. The molecule has 0 atom stereocenters. The summed E-state index contributed by atoms with van der Waals surface area (Å²) >= 11 is 0. The number of carboxylic acids is 1. The minimum atomic E-state index is -0.953. The van der Waals surface area contributed by atoms with E-state index in [-0.39, 0.29) is 5.56 Å². The molecule has 146 valence electrons. The van der Waals surface area contributed by atoms with E-state index in [1.54, 1.807) is 30.3 Å². The number of benzene rings is 3. The number of para-hydroxylation sites is 2. The quantitative estimate of drug-likeness (QED) is 0.452. The van der Waals surface area contributed by atoms with Crippen LogP contribution < -0.4 is 4.74 Å². The number of aromatic nitrogens is 2. The molecule has 0 amide bonds. The molecule has 6 heteroatoms. The molecular formula is C24H17N3O3. The number of nitrogens with zero attached hydrogens (tertiary/aromatic N) is 2. The van der Waals surface area contributed by atoms with Crippen molar-refractivity contribution < 1.29 is 14.6 Å². The van der Waals surface area contributed by atoms with E-state index < -0.39 is 5.97 Å². The van der Waals surface area contributed by atoms with Crippen molar-refractivity contribution >= 4 is 28.7 Å². The van der Waals surface area contributed by atoms with Crippen LogP contribution in [0.2, 0.25) is 0 Å². The van der Waals surface area contributed by atoms with Crippen LogP contribution in [0.3, 0.4) is 0 Å². The number of hydrogen-bond acceptors (Lipinski definition) is 4. The average Bonchev–Trinajstić information content (AvgIpc) is 3.21. The first-order chi connectivity index (χ1) is 14.6. The Hall–Kier alpha value is -4.37. The monoisotopic (exact) mass is 395 g/mol. The van der Waals surface area contributed by atoms with Crippen LogP contribution in [0.4, 0.5) is 0 Å². The van der Waals surface area contributed by atoms with Gasteiger partial charge in [-0.05, 0) is 53.6 Å². The summed E-state index contributed by atoms with van der Waals surface area (Å²) in [4.78, 5) is 18.5. The van der Waals surface area contributed by atoms with Crippen molar-refractivity contribution in [2.24, 2.45) is 0 Å². The topological polar surface area (TPSA) is 99.0 Å². The normalized spacial score (nSPS) is 11.2. The van der Waals surface area contributed by atoms with Gasteiger partial charge in [-0.25, -0.2) is 9.78 Å². The number of carbonyl (C=O) groups is 1.